The van der Waals surface area contributed by atoms with Crippen molar-refractivity contribution in [2.75, 3.05) is 13.2 Å². The number of aliphatic hydroxyl groups excluding tert-OH is 2. The molecule has 0 bridgehead atoms. The summed E-state index contributed by atoms with van der Waals surface area (Å²) < 4.78 is 0. The fourth-order valence-corrected chi connectivity index (χ4v) is 1.82. The van der Waals surface area contributed by atoms with E-state index >= 15 is 0 Å². The number of hydrogen-bond donors (Lipinski definition) is 2. The first-order valence-electron chi connectivity index (χ1n) is 6.43. The van der Waals surface area contributed by atoms with Crippen LogP contribution in [0.4, 0.5) is 0 Å². The Bertz CT molecular complexity index is 384. The standard InChI is InChI=1S/C15H22O3/c1-4-15(18)14-6-12(10(2)8-16)5-13(7-14)11(3)9-17/h5-7,10-11,16-17H,4,8-9H2,1-3H3. The third-order valence-corrected chi connectivity index (χ3v) is 3.31. The molecule has 0 aliphatic heterocycles. The third-order valence-electron chi connectivity index (χ3n) is 3.31. The molecule has 0 amide bonds. The zero-order chi connectivity index (χ0) is 13.7. The number of carbonyl (C=O) groups is 1. The number of Topliss-reactive ketones (excluding diaryl/α,β-unsaturated/α-hetero) is 1. The Hall–Kier alpha value is -1.19. The second-order valence-corrected chi connectivity index (χ2v) is 4.83. The number of carbonyl (C=O) groups excluding carboxylic acids is 1. The molecule has 2 unspecified atom stereocenters. The Kier molecular flexibility index (Phi) is 5.51. The van der Waals surface area contributed by atoms with E-state index in [4.69, 9.17) is 0 Å². The number of aliphatic hydroxyl groups is 2. The molecule has 0 saturated carbocycles. The number of rotatable bonds is 6. The molecule has 0 aromatic heterocycles. The first kappa shape index (κ1) is 14.9. The lowest BCUT2D eigenvalue weighted by molar-refractivity contribution is 0.0987. The lowest BCUT2D eigenvalue weighted by Gasteiger charge is -2.16. The van der Waals surface area contributed by atoms with Gasteiger partial charge in [-0.25, -0.2) is 0 Å². The van der Waals surface area contributed by atoms with Crippen molar-refractivity contribution in [3.63, 3.8) is 0 Å². The summed E-state index contributed by atoms with van der Waals surface area (Å²) in [5.74, 6) is 0.0897. The van der Waals surface area contributed by atoms with Crippen molar-refractivity contribution in [3.8, 4) is 0 Å². The zero-order valence-corrected chi connectivity index (χ0v) is 11.3. The predicted molar refractivity (Wildman–Crippen MR) is 72.1 cm³/mol. The van der Waals surface area contributed by atoms with Gasteiger partial charge in [0.1, 0.15) is 0 Å². The smallest absolute Gasteiger partial charge is 0.162 e. The van der Waals surface area contributed by atoms with E-state index in [1.165, 1.54) is 0 Å². The van der Waals surface area contributed by atoms with E-state index in [0.717, 1.165) is 11.1 Å². The van der Waals surface area contributed by atoms with Crippen molar-refractivity contribution in [1.82, 2.24) is 0 Å². The summed E-state index contributed by atoms with van der Waals surface area (Å²) in [7, 11) is 0. The highest BCUT2D eigenvalue weighted by atomic mass is 16.3. The topological polar surface area (TPSA) is 57.5 Å². The van der Waals surface area contributed by atoms with Crippen LogP contribution in [0.2, 0.25) is 0 Å². The van der Waals surface area contributed by atoms with Gasteiger partial charge < -0.3 is 10.2 Å². The first-order valence-corrected chi connectivity index (χ1v) is 6.43. The molecular weight excluding hydrogens is 228 g/mol. The largest absolute Gasteiger partial charge is 0.396 e. The monoisotopic (exact) mass is 250 g/mol. The molecule has 2 N–H and O–H groups in total. The molecule has 0 radical (unpaired) electrons. The van der Waals surface area contributed by atoms with Gasteiger partial charge in [0.15, 0.2) is 5.78 Å². The highest BCUT2D eigenvalue weighted by Gasteiger charge is 2.13. The van der Waals surface area contributed by atoms with Crippen LogP contribution in [0.3, 0.4) is 0 Å². The summed E-state index contributed by atoms with van der Waals surface area (Å²) in [6.45, 7) is 5.78. The van der Waals surface area contributed by atoms with Crippen molar-refractivity contribution < 1.29 is 15.0 Å². The summed E-state index contributed by atoms with van der Waals surface area (Å²) in [5, 5.41) is 18.5. The van der Waals surface area contributed by atoms with Gasteiger partial charge in [-0.15, -0.1) is 0 Å². The molecule has 0 spiro atoms. The van der Waals surface area contributed by atoms with Gasteiger partial charge in [0.2, 0.25) is 0 Å². The molecule has 1 rings (SSSR count). The Morgan fingerprint density at radius 3 is 1.83 bits per heavy atom. The Balaban J connectivity index is 3.23. The van der Waals surface area contributed by atoms with Gasteiger partial charge in [0.05, 0.1) is 0 Å². The highest BCUT2D eigenvalue weighted by Crippen LogP contribution is 2.24. The van der Waals surface area contributed by atoms with Crippen LogP contribution in [0.5, 0.6) is 0 Å². The molecule has 0 fully saturated rings. The maximum absolute atomic E-state index is 11.8. The van der Waals surface area contributed by atoms with Crippen LogP contribution in [0, 0.1) is 0 Å². The average Bonchev–Trinajstić information content (AvgIpc) is 2.43. The summed E-state index contributed by atoms with van der Waals surface area (Å²) in [6.07, 6.45) is 0.462. The van der Waals surface area contributed by atoms with Gasteiger partial charge in [-0.2, -0.15) is 0 Å². The molecule has 1 aromatic rings. The van der Waals surface area contributed by atoms with Crippen molar-refractivity contribution in [2.45, 2.75) is 39.0 Å². The lowest BCUT2D eigenvalue weighted by atomic mass is 9.91. The van der Waals surface area contributed by atoms with Crippen molar-refractivity contribution in [1.29, 1.82) is 0 Å². The highest BCUT2D eigenvalue weighted by molar-refractivity contribution is 5.96. The van der Waals surface area contributed by atoms with Crippen LogP contribution in [0.1, 0.15) is 60.5 Å². The van der Waals surface area contributed by atoms with Crippen LogP contribution >= 0.6 is 0 Å². The second-order valence-electron chi connectivity index (χ2n) is 4.83. The Morgan fingerprint density at radius 1 is 1.06 bits per heavy atom. The SMILES string of the molecule is CCC(=O)c1cc(C(C)CO)cc(C(C)CO)c1. The summed E-state index contributed by atoms with van der Waals surface area (Å²) in [6, 6.07) is 5.66. The lowest BCUT2D eigenvalue weighted by Crippen LogP contribution is -2.07. The van der Waals surface area contributed by atoms with Crippen molar-refractivity contribution in [3.05, 3.63) is 34.9 Å². The van der Waals surface area contributed by atoms with E-state index in [9.17, 15) is 15.0 Å². The minimum atomic E-state index is -0.000695. The molecule has 18 heavy (non-hydrogen) atoms. The Morgan fingerprint density at radius 2 is 1.50 bits per heavy atom. The van der Waals surface area contributed by atoms with Gasteiger partial charge >= 0.3 is 0 Å². The molecule has 2 atom stereocenters. The number of benzene rings is 1. The minimum absolute atomic E-state index is 0.000695. The maximum atomic E-state index is 11.8. The molecule has 0 saturated heterocycles. The van der Waals surface area contributed by atoms with Crippen molar-refractivity contribution in [2.24, 2.45) is 0 Å². The number of hydrogen-bond acceptors (Lipinski definition) is 3. The second kappa shape index (κ2) is 6.66. The van der Waals surface area contributed by atoms with Gasteiger partial charge in [-0.3, -0.25) is 4.79 Å². The molecule has 0 aliphatic rings. The molecule has 0 heterocycles. The van der Waals surface area contributed by atoms with E-state index in [0.29, 0.717) is 12.0 Å². The quantitative estimate of drug-likeness (QED) is 0.763. The van der Waals surface area contributed by atoms with Crippen LogP contribution in [0.15, 0.2) is 18.2 Å². The molecule has 0 aliphatic carbocycles. The van der Waals surface area contributed by atoms with E-state index in [2.05, 4.69) is 0 Å². The predicted octanol–water partition coefficient (Wildman–Crippen LogP) is 2.47. The third kappa shape index (κ3) is 3.40. The van der Waals surface area contributed by atoms with E-state index in [-0.39, 0.29) is 30.8 Å². The van der Waals surface area contributed by atoms with E-state index in [1.54, 1.807) is 0 Å². The summed E-state index contributed by atoms with van der Waals surface area (Å²) >= 11 is 0. The van der Waals surface area contributed by atoms with Crippen LogP contribution < -0.4 is 0 Å². The Labute approximate surface area is 108 Å². The average molecular weight is 250 g/mol. The first-order chi connectivity index (χ1) is 8.53. The molecule has 3 heteroatoms. The molecular formula is C15H22O3. The maximum Gasteiger partial charge on any atom is 0.162 e. The van der Waals surface area contributed by atoms with Gasteiger partial charge in [-0.05, 0) is 23.3 Å². The summed E-state index contributed by atoms with van der Waals surface area (Å²) in [5.41, 5.74) is 2.57. The van der Waals surface area contributed by atoms with Gasteiger partial charge in [0, 0.05) is 37.0 Å². The van der Waals surface area contributed by atoms with Gasteiger partial charge in [0.25, 0.3) is 0 Å². The summed E-state index contributed by atoms with van der Waals surface area (Å²) in [4.78, 5) is 11.8. The van der Waals surface area contributed by atoms with Crippen LogP contribution in [-0.4, -0.2) is 29.2 Å². The molecule has 100 valence electrons. The fraction of sp³-hybridized carbons (Fsp3) is 0.533. The van der Waals surface area contributed by atoms with E-state index < -0.39 is 0 Å². The minimum Gasteiger partial charge on any atom is -0.396 e. The molecule has 1 aromatic carbocycles. The normalized spacial score (nSPS) is 14.3. The van der Waals surface area contributed by atoms with Crippen molar-refractivity contribution >= 4 is 5.78 Å². The van der Waals surface area contributed by atoms with E-state index in [1.807, 2.05) is 39.0 Å². The van der Waals surface area contributed by atoms with Crippen LogP contribution in [-0.2, 0) is 0 Å². The fourth-order valence-electron chi connectivity index (χ4n) is 1.82. The van der Waals surface area contributed by atoms with Crippen LogP contribution in [0.25, 0.3) is 0 Å². The molecule has 3 nitrogen and oxygen atoms in total. The van der Waals surface area contributed by atoms with Gasteiger partial charge in [-0.1, -0.05) is 26.8 Å². The number of ketones is 1. The zero-order valence-electron chi connectivity index (χ0n) is 11.3.